The minimum atomic E-state index is -4.30. The second-order valence-electron chi connectivity index (χ2n) is 3.19. The minimum Gasteiger partial charge on any atom is -0.485 e. The van der Waals surface area contributed by atoms with Crippen molar-refractivity contribution in [1.82, 2.24) is 4.98 Å². The van der Waals surface area contributed by atoms with Crippen molar-refractivity contribution in [3.8, 4) is 5.75 Å². The van der Waals surface area contributed by atoms with Gasteiger partial charge in [0.2, 0.25) is 0 Å². The van der Waals surface area contributed by atoms with Gasteiger partial charge in [0.25, 0.3) is 0 Å². The average Bonchev–Trinajstić information content (AvgIpc) is 2.35. The van der Waals surface area contributed by atoms with Crippen LogP contribution in [0.15, 0.2) is 18.3 Å². The van der Waals surface area contributed by atoms with E-state index in [0.717, 1.165) is 13.2 Å². The van der Waals surface area contributed by atoms with Crippen LogP contribution >= 0.6 is 0 Å². The molecule has 1 aromatic rings. The molecule has 0 N–H and O–H groups in total. The number of ether oxygens (including phenoxy) is 2. The number of alkyl halides is 4. The van der Waals surface area contributed by atoms with E-state index in [0.29, 0.717) is 0 Å². The van der Waals surface area contributed by atoms with Crippen LogP contribution in [0.25, 0.3) is 0 Å². The van der Waals surface area contributed by atoms with Gasteiger partial charge in [0, 0.05) is 6.20 Å². The number of carbonyl (C=O) groups excluding carboxylic acids is 1. The largest absolute Gasteiger partial charge is 0.485 e. The molecule has 1 heterocycles. The first-order valence-electron chi connectivity index (χ1n) is 4.70. The lowest BCUT2D eigenvalue weighted by atomic mass is 10.3. The third kappa shape index (κ3) is 3.31. The van der Waals surface area contributed by atoms with E-state index in [-0.39, 0.29) is 11.4 Å². The summed E-state index contributed by atoms with van der Waals surface area (Å²) >= 11 is 0. The smallest absolute Gasteiger partial charge is 0.360 e. The molecule has 0 bridgehead atoms. The Hall–Kier alpha value is -1.86. The van der Waals surface area contributed by atoms with Crippen molar-refractivity contribution < 1.29 is 31.8 Å². The van der Waals surface area contributed by atoms with E-state index in [9.17, 15) is 22.4 Å². The molecule has 0 aromatic carbocycles. The summed E-state index contributed by atoms with van der Waals surface area (Å²) in [6.07, 6.45) is -2.64. The van der Waals surface area contributed by atoms with Crippen molar-refractivity contribution in [2.75, 3.05) is 13.7 Å². The fraction of sp³-hybridized carbons (Fsp3) is 0.400. The third-order valence-electron chi connectivity index (χ3n) is 1.89. The van der Waals surface area contributed by atoms with Crippen molar-refractivity contribution >= 4 is 5.97 Å². The molecule has 0 amide bonds. The lowest BCUT2D eigenvalue weighted by molar-refractivity contribution is -0.148. The maximum atomic E-state index is 12.6. The number of hydrogen-bond donors (Lipinski definition) is 0. The first-order chi connectivity index (χ1) is 8.38. The van der Waals surface area contributed by atoms with Crippen LogP contribution in [0.2, 0.25) is 0 Å². The Morgan fingerprint density at radius 1 is 1.50 bits per heavy atom. The molecular weight excluding hydrogens is 258 g/mol. The molecule has 0 atom stereocenters. The highest BCUT2D eigenvalue weighted by Gasteiger charge is 2.42. The first-order valence-corrected chi connectivity index (χ1v) is 4.70. The van der Waals surface area contributed by atoms with Crippen LogP contribution in [-0.4, -0.2) is 37.0 Å². The van der Waals surface area contributed by atoms with Crippen LogP contribution in [0, 0.1) is 0 Å². The number of rotatable bonds is 5. The number of methoxy groups -OCH3 is 1. The Labute approximate surface area is 99.5 Å². The maximum Gasteiger partial charge on any atom is 0.360 e. The zero-order valence-corrected chi connectivity index (χ0v) is 9.20. The van der Waals surface area contributed by atoms with E-state index in [1.54, 1.807) is 0 Å². The summed E-state index contributed by atoms with van der Waals surface area (Å²) in [5.41, 5.74) is -0.356. The zero-order chi connectivity index (χ0) is 13.8. The summed E-state index contributed by atoms with van der Waals surface area (Å²) < 4.78 is 57.9. The summed E-state index contributed by atoms with van der Waals surface area (Å²) in [5.74, 6) is -5.56. The Morgan fingerprint density at radius 3 is 2.72 bits per heavy atom. The second kappa shape index (κ2) is 5.65. The molecular formula is C10H9F4NO3. The Kier molecular flexibility index (Phi) is 4.46. The molecule has 4 nitrogen and oxygen atoms in total. The highest BCUT2D eigenvalue weighted by molar-refractivity contribution is 5.90. The lowest BCUT2D eigenvalue weighted by Gasteiger charge is -2.16. The molecule has 1 rings (SSSR count). The fourth-order valence-corrected chi connectivity index (χ4v) is 0.994. The molecule has 100 valence electrons. The highest BCUT2D eigenvalue weighted by atomic mass is 19.3. The van der Waals surface area contributed by atoms with Crippen LogP contribution in [0.4, 0.5) is 17.6 Å². The summed E-state index contributed by atoms with van der Waals surface area (Å²) in [5, 5.41) is 0. The number of carbonyl (C=O) groups is 1. The molecule has 1 aromatic heterocycles. The van der Waals surface area contributed by atoms with Gasteiger partial charge < -0.3 is 9.47 Å². The van der Waals surface area contributed by atoms with Crippen LogP contribution in [0.1, 0.15) is 10.5 Å². The summed E-state index contributed by atoms with van der Waals surface area (Å²) in [4.78, 5) is 14.8. The number of nitrogens with zero attached hydrogens (tertiary/aromatic N) is 1. The minimum absolute atomic E-state index is 0.343. The van der Waals surface area contributed by atoms with Gasteiger partial charge in [-0.1, -0.05) is 0 Å². The zero-order valence-electron chi connectivity index (χ0n) is 9.20. The predicted octanol–water partition coefficient (Wildman–Crippen LogP) is 2.15. The monoisotopic (exact) mass is 267 g/mol. The molecule has 0 aliphatic heterocycles. The Morgan fingerprint density at radius 2 is 2.17 bits per heavy atom. The average molecular weight is 267 g/mol. The van der Waals surface area contributed by atoms with Crippen LogP contribution in [0.3, 0.4) is 0 Å². The third-order valence-corrected chi connectivity index (χ3v) is 1.89. The number of aromatic nitrogens is 1. The van der Waals surface area contributed by atoms with Gasteiger partial charge >= 0.3 is 18.3 Å². The number of halogens is 4. The van der Waals surface area contributed by atoms with Crippen LogP contribution < -0.4 is 4.74 Å². The van der Waals surface area contributed by atoms with E-state index in [1.165, 1.54) is 12.3 Å². The highest BCUT2D eigenvalue weighted by Crippen LogP contribution is 2.25. The number of pyridine rings is 1. The van der Waals surface area contributed by atoms with E-state index < -0.39 is 24.9 Å². The van der Waals surface area contributed by atoms with Gasteiger partial charge in [0.05, 0.1) is 7.11 Å². The van der Waals surface area contributed by atoms with Gasteiger partial charge in [-0.3, -0.25) is 0 Å². The number of hydrogen-bond acceptors (Lipinski definition) is 4. The van der Waals surface area contributed by atoms with Crippen molar-refractivity contribution in [3.05, 3.63) is 24.0 Å². The van der Waals surface area contributed by atoms with Gasteiger partial charge in [-0.2, -0.15) is 8.78 Å². The second-order valence-corrected chi connectivity index (χ2v) is 3.19. The van der Waals surface area contributed by atoms with E-state index in [4.69, 9.17) is 0 Å². The molecule has 0 aliphatic rings. The van der Waals surface area contributed by atoms with E-state index >= 15 is 0 Å². The topological polar surface area (TPSA) is 48.4 Å². The Bertz CT molecular complexity index is 425. The summed E-state index contributed by atoms with van der Waals surface area (Å²) in [7, 11) is 1.06. The summed E-state index contributed by atoms with van der Waals surface area (Å²) in [6, 6.07) is 2.46. The van der Waals surface area contributed by atoms with E-state index in [1.807, 2.05) is 0 Å². The molecule has 8 heteroatoms. The maximum absolute atomic E-state index is 12.6. The van der Waals surface area contributed by atoms with Gasteiger partial charge in [-0.05, 0) is 12.1 Å². The van der Waals surface area contributed by atoms with Gasteiger partial charge in [0.1, 0.15) is 0 Å². The quantitative estimate of drug-likeness (QED) is 0.606. The summed E-state index contributed by atoms with van der Waals surface area (Å²) in [6.45, 7) is -1.56. The molecule has 0 fully saturated rings. The van der Waals surface area contributed by atoms with Crippen molar-refractivity contribution in [3.63, 3.8) is 0 Å². The molecule has 0 radical (unpaired) electrons. The van der Waals surface area contributed by atoms with Crippen molar-refractivity contribution in [2.45, 2.75) is 12.3 Å². The molecule has 0 aliphatic carbocycles. The first kappa shape index (κ1) is 14.2. The van der Waals surface area contributed by atoms with Gasteiger partial charge in [0.15, 0.2) is 18.1 Å². The Balaban J connectivity index is 2.82. The standard InChI is InChI=1S/C10H9F4NO3/c1-17-8(16)7-6(3-2-4-15-7)18-5-10(13,14)9(11)12/h2-4,9H,5H2,1H3. The molecule has 0 spiro atoms. The van der Waals surface area contributed by atoms with E-state index in [2.05, 4.69) is 14.5 Å². The lowest BCUT2D eigenvalue weighted by Crippen LogP contribution is -2.34. The molecule has 18 heavy (non-hydrogen) atoms. The predicted molar refractivity (Wildman–Crippen MR) is 52.0 cm³/mol. The number of esters is 1. The molecule has 0 saturated heterocycles. The SMILES string of the molecule is COC(=O)c1ncccc1OCC(F)(F)C(F)F. The van der Waals surface area contributed by atoms with Crippen molar-refractivity contribution in [2.24, 2.45) is 0 Å². The molecule has 0 saturated carbocycles. The van der Waals surface area contributed by atoms with Gasteiger partial charge in [-0.15, -0.1) is 0 Å². The van der Waals surface area contributed by atoms with Crippen LogP contribution in [0.5, 0.6) is 5.75 Å². The van der Waals surface area contributed by atoms with Crippen molar-refractivity contribution in [1.29, 1.82) is 0 Å². The van der Waals surface area contributed by atoms with Gasteiger partial charge in [-0.25, -0.2) is 18.6 Å². The van der Waals surface area contributed by atoms with Crippen LogP contribution in [-0.2, 0) is 4.74 Å². The fourth-order valence-electron chi connectivity index (χ4n) is 0.994. The normalized spacial score (nSPS) is 11.4. The molecule has 0 unspecified atom stereocenters.